The number of aromatic nitrogens is 3. The van der Waals surface area contributed by atoms with Gasteiger partial charge in [0.05, 0.1) is 25.3 Å². The molecule has 0 radical (unpaired) electrons. The highest BCUT2D eigenvalue weighted by Gasteiger charge is 2.33. The molecule has 0 unspecified atom stereocenters. The standard InChI is InChI=1S/C19H26N4O3S2/c1-4-10-22-18(16-9-11-28(24,25)13-16)20-23(19(22)27)14-21(2)12-15-5-7-17(26-3)8-6-15/h4-8,16H,1,9-14H2,2-3H3/t16-/m0/s1. The predicted octanol–water partition coefficient (Wildman–Crippen LogP) is 2.60. The van der Waals surface area contributed by atoms with Gasteiger partial charge in [0.1, 0.15) is 11.6 Å². The lowest BCUT2D eigenvalue weighted by atomic mass is 10.1. The molecule has 9 heteroatoms. The second kappa shape index (κ2) is 8.59. The summed E-state index contributed by atoms with van der Waals surface area (Å²) >= 11 is 5.61. The van der Waals surface area contributed by atoms with Crippen molar-refractivity contribution in [1.29, 1.82) is 0 Å². The van der Waals surface area contributed by atoms with E-state index < -0.39 is 9.84 Å². The molecule has 0 saturated carbocycles. The first-order valence-electron chi connectivity index (χ1n) is 9.13. The summed E-state index contributed by atoms with van der Waals surface area (Å²) in [5, 5.41) is 4.69. The Morgan fingerprint density at radius 2 is 2.11 bits per heavy atom. The maximum atomic E-state index is 11.9. The number of hydrogen-bond acceptors (Lipinski definition) is 6. The largest absolute Gasteiger partial charge is 0.497 e. The van der Waals surface area contributed by atoms with Gasteiger partial charge in [0, 0.05) is 19.0 Å². The lowest BCUT2D eigenvalue weighted by Gasteiger charge is -2.16. The van der Waals surface area contributed by atoms with Gasteiger partial charge in [0.15, 0.2) is 14.6 Å². The molecule has 1 aromatic carbocycles. The van der Waals surface area contributed by atoms with Gasteiger partial charge in [-0.05, 0) is 43.4 Å². The third kappa shape index (κ3) is 4.71. The molecule has 7 nitrogen and oxygen atoms in total. The Bertz CT molecular complexity index is 993. The van der Waals surface area contributed by atoms with E-state index in [1.807, 2.05) is 35.9 Å². The van der Waals surface area contributed by atoms with Gasteiger partial charge in [-0.3, -0.25) is 9.47 Å². The van der Waals surface area contributed by atoms with Crippen LogP contribution < -0.4 is 4.74 Å². The lowest BCUT2D eigenvalue weighted by molar-refractivity contribution is 0.243. The van der Waals surface area contributed by atoms with Crippen molar-refractivity contribution < 1.29 is 13.2 Å². The molecule has 1 fully saturated rings. The van der Waals surface area contributed by atoms with E-state index in [1.54, 1.807) is 17.9 Å². The van der Waals surface area contributed by atoms with E-state index in [1.165, 1.54) is 0 Å². The van der Waals surface area contributed by atoms with E-state index in [0.717, 1.165) is 23.7 Å². The zero-order valence-corrected chi connectivity index (χ0v) is 17.9. The highest BCUT2D eigenvalue weighted by molar-refractivity contribution is 7.91. The van der Waals surface area contributed by atoms with E-state index in [2.05, 4.69) is 16.6 Å². The van der Waals surface area contributed by atoms with Crippen LogP contribution in [0.5, 0.6) is 5.75 Å². The summed E-state index contributed by atoms with van der Waals surface area (Å²) in [6.45, 7) is 5.56. The van der Waals surface area contributed by atoms with Crippen LogP contribution in [0.3, 0.4) is 0 Å². The molecule has 0 N–H and O–H groups in total. The first-order valence-corrected chi connectivity index (χ1v) is 11.4. The van der Waals surface area contributed by atoms with Gasteiger partial charge in [-0.2, -0.15) is 5.10 Å². The van der Waals surface area contributed by atoms with E-state index in [-0.39, 0.29) is 17.4 Å². The minimum atomic E-state index is -2.99. The Morgan fingerprint density at radius 1 is 1.39 bits per heavy atom. The van der Waals surface area contributed by atoms with Crippen molar-refractivity contribution in [1.82, 2.24) is 19.2 Å². The monoisotopic (exact) mass is 422 g/mol. The summed E-state index contributed by atoms with van der Waals surface area (Å²) in [6, 6.07) is 7.93. The van der Waals surface area contributed by atoms with Crippen LogP contribution in [0, 0.1) is 4.77 Å². The first-order chi connectivity index (χ1) is 13.3. The first kappa shape index (κ1) is 20.8. The molecular formula is C19H26N4O3S2. The maximum Gasteiger partial charge on any atom is 0.199 e. The third-order valence-electron chi connectivity index (χ3n) is 4.85. The second-order valence-electron chi connectivity index (χ2n) is 7.14. The van der Waals surface area contributed by atoms with Crippen LogP contribution in [-0.4, -0.2) is 53.3 Å². The number of rotatable bonds is 8. The summed E-state index contributed by atoms with van der Waals surface area (Å²) in [6.07, 6.45) is 2.35. The molecule has 0 amide bonds. The van der Waals surface area contributed by atoms with Crippen LogP contribution in [0.25, 0.3) is 0 Å². The average Bonchev–Trinajstić information content (AvgIpc) is 3.16. The van der Waals surface area contributed by atoms with Crippen molar-refractivity contribution in [3.63, 3.8) is 0 Å². The Morgan fingerprint density at radius 3 is 2.68 bits per heavy atom. The molecule has 2 aromatic rings. The molecule has 1 saturated heterocycles. The van der Waals surface area contributed by atoms with Crippen LogP contribution in [0.1, 0.15) is 23.7 Å². The quantitative estimate of drug-likeness (QED) is 0.481. The van der Waals surface area contributed by atoms with Gasteiger partial charge in [0.2, 0.25) is 0 Å². The number of nitrogens with zero attached hydrogens (tertiary/aromatic N) is 4. The van der Waals surface area contributed by atoms with Crippen molar-refractivity contribution in [2.45, 2.75) is 32.1 Å². The number of methoxy groups -OCH3 is 1. The van der Waals surface area contributed by atoms with E-state index in [9.17, 15) is 8.42 Å². The summed E-state index contributed by atoms with van der Waals surface area (Å²) in [4.78, 5) is 2.11. The molecule has 1 atom stereocenters. The molecule has 0 spiro atoms. The van der Waals surface area contributed by atoms with Gasteiger partial charge in [-0.1, -0.05) is 18.2 Å². The summed E-state index contributed by atoms with van der Waals surface area (Å²) in [5.74, 6) is 1.80. The fourth-order valence-corrected chi connectivity index (χ4v) is 5.48. The van der Waals surface area contributed by atoms with E-state index in [0.29, 0.717) is 24.4 Å². The molecule has 1 aliphatic heterocycles. The molecular weight excluding hydrogens is 396 g/mol. The van der Waals surface area contributed by atoms with Gasteiger partial charge >= 0.3 is 0 Å². The number of sulfone groups is 1. The molecule has 3 rings (SSSR count). The average molecular weight is 423 g/mol. The zero-order valence-electron chi connectivity index (χ0n) is 16.2. The van der Waals surface area contributed by atoms with Crippen molar-refractivity contribution in [2.75, 3.05) is 25.7 Å². The van der Waals surface area contributed by atoms with Gasteiger partial charge < -0.3 is 4.74 Å². The Labute approximate surface area is 171 Å². The number of hydrogen-bond donors (Lipinski definition) is 0. The van der Waals surface area contributed by atoms with Crippen molar-refractivity contribution in [2.24, 2.45) is 0 Å². The van der Waals surface area contributed by atoms with Crippen LogP contribution >= 0.6 is 12.2 Å². The van der Waals surface area contributed by atoms with E-state index >= 15 is 0 Å². The number of allylic oxidation sites excluding steroid dienone is 1. The second-order valence-corrected chi connectivity index (χ2v) is 9.74. The maximum absolute atomic E-state index is 11.9. The van der Waals surface area contributed by atoms with Crippen molar-refractivity contribution in [3.8, 4) is 5.75 Å². The minimum Gasteiger partial charge on any atom is -0.497 e. The highest BCUT2D eigenvalue weighted by Crippen LogP contribution is 2.28. The molecule has 2 heterocycles. The lowest BCUT2D eigenvalue weighted by Crippen LogP contribution is -2.22. The summed E-state index contributed by atoms with van der Waals surface area (Å²) in [5.41, 5.74) is 1.16. The molecule has 28 heavy (non-hydrogen) atoms. The fraction of sp³-hybridized carbons (Fsp3) is 0.474. The van der Waals surface area contributed by atoms with Crippen LogP contribution in [0.4, 0.5) is 0 Å². The summed E-state index contributed by atoms with van der Waals surface area (Å²) < 4.78 is 33.2. The van der Waals surface area contributed by atoms with Crippen LogP contribution in [-0.2, 0) is 29.6 Å². The van der Waals surface area contributed by atoms with Crippen molar-refractivity contribution >= 4 is 22.1 Å². The Kier molecular flexibility index (Phi) is 6.36. The predicted molar refractivity (Wildman–Crippen MR) is 112 cm³/mol. The van der Waals surface area contributed by atoms with Crippen LogP contribution in [0.15, 0.2) is 36.9 Å². The zero-order chi connectivity index (χ0) is 20.3. The normalized spacial score (nSPS) is 18.5. The minimum absolute atomic E-state index is 0.111. The SMILES string of the molecule is C=CCn1c([C@H]2CCS(=O)(=O)C2)nn(CN(C)Cc2ccc(OC)cc2)c1=S. The van der Waals surface area contributed by atoms with Gasteiger partial charge in [-0.15, -0.1) is 6.58 Å². The Hall–Kier alpha value is -1.97. The number of benzene rings is 1. The van der Waals surface area contributed by atoms with Crippen molar-refractivity contribution in [3.05, 3.63) is 53.1 Å². The fourth-order valence-electron chi connectivity index (χ4n) is 3.47. The number of ether oxygens (including phenoxy) is 1. The molecule has 0 aliphatic carbocycles. The van der Waals surface area contributed by atoms with Gasteiger partial charge in [0.25, 0.3) is 0 Å². The smallest absolute Gasteiger partial charge is 0.199 e. The molecule has 152 valence electrons. The molecule has 1 aromatic heterocycles. The highest BCUT2D eigenvalue weighted by atomic mass is 32.2. The van der Waals surface area contributed by atoms with E-state index in [4.69, 9.17) is 17.0 Å². The molecule has 1 aliphatic rings. The summed E-state index contributed by atoms with van der Waals surface area (Å²) in [7, 11) is 0.655. The topological polar surface area (TPSA) is 69.4 Å². The van der Waals surface area contributed by atoms with Crippen LogP contribution in [0.2, 0.25) is 0 Å². The Balaban J connectivity index is 1.78. The van der Waals surface area contributed by atoms with Gasteiger partial charge in [-0.25, -0.2) is 13.1 Å². The molecule has 0 bridgehead atoms. The third-order valence-corrected chi connectivity index (χ3v) is 7.05.